The lowest BCUT2D eigenvalue weighted by Gasteiger charge is -2.50. The largest absolute Gasteiger partial charge is 0.504 e. The summed E-state index contributed by atoms with van der Waals surface area (Å²) in [5.74, 6) is 1.05. The van der Waals surface area contributed by atoms with E-state index in [9.17, 15) is 15.0 Å². The summed E-state index contributed by atoms with van der Waals surface area (Å²) in [7, 11) is 0. The van der Waals surface area contributed by atoms with E-state index in [2.05, 4.69) is 27.7 Å². The van der Waals surface area contributed by atoms with Crippen LogP contribution in [-0.2, 0) is 5.41 Å². The Labute approximate surface area is 154 Å². The van der Waals surface area contributed by atoms with E-state index in [1.54, 1.807) is 6.07 Å². The maximum atomic E-state index is 11.6. The van der Waals surface area contributed by atoms with Gasteiger partial charge in [0.05, 0.1) is 0 Å². The molecular formula is C22H28O4. The number of carbonyl (C=O) groups is 1. The summed E-state index contributed by atoms with van der Waals surface area (Å²) in [4.78, 5) is 11.6. The SMILES string of the molecule is C[C@@H]1CC[C@H]2C(C)(C)CCCC2(C)c2c1oc1c(C=O)c(O)c(O)cc21. The molecule has 0 saturated heterocycles. The molecule has 4 nitrogen and oxygen atoms in total. The molecule has 2 aromatic rings. The van der Waals surface area contributed by atoms with Gasteiger partial charge in [-0.05, 0) is 48.5 Å². The number of hydrogen-bond acceptors (Lipinski definition) is 4. The van der Waals surface area contributed by atoms with Crippen LogP contribution in [0.4, 0.5) is 0 Å². The van der Waals surface area contributed by atoms with E-state index in [-0.39, 0.29) is 28.1 Å². The number of aromatic hydroxyl groups is 2. The van der Waals surface area contributed by atoms with Gasteiger partial charge in [0.15, 0.2) is 17.8 Å². The summed E-state index contributed by atoms with van der Waals surface area (Å²) < 4.78 is 6.22. The van der Waals surface area contributed by atoms with Crippen LogP contribution < -0.4 is 0 Å². The van der Waals surface area contributed by atoms with Crippen molar-refractivity contribution in [1.82, 2.24) is 0 Å². The van der Waals surface area contributed by atoms with Crippen molar-refractivity contribution in [3.05, 3.63) is 23.0 Å². The van der Waals surface area contributed by atoms with Gasteiger partial charge in [0.2, 0.25) is 0 Å². The second kappa shape index (κ2) is 5.51. The topological polar surface area (TPSA) is 70.7 Å². The van der Waals surface area contributed by atoms with Crippen LogP contribution in [0.3, 0.4) is 0 Å². The smallest absolute Gasteiger partial charge is 0.172 e. The van der Waals surface area contributed by atoms with Gasteiger partial charge in [-0.1, -0.05) is 34.1 Å². The zero-order valence-corrected chi connectivity index (χ0v) is 16.1. The van der Waals surface area contributed by atoms with Crippen molar-refractivity contribution in [1.29, 1.82) is 0 Å². The molecule has 1 aromatic carbocycles. The summed E-state index contributed by atoms with van der Waals surface area (Å²) in [6, 6.07) is 1.59. The summed E-state index contributed by atoms with van der Waals surface area (Å²) in [5.41, 5.74) is 1.79. The first-order valence-electron chi connectivity index (χ1n) is 9.67. The van der Waals surface area contributed by atoms with Crippen LogP contribution in [-0.4, -0.2) is 16.5 Å². The van der Waals surface area contributed by atoms with Crippen molar-refractivity contribution >= 4 is 17.3 Å². The molecule has 1 saturated carbocycles. The van der Waals surface area contributed by atoms with Crippen LogP contribution in [0, 0.1) is 11.3 Å². The summed E-state index contributed by atoms with van der Waals surface area (Å²) in [6.45, 7) is 9.24. The number of hydrogen-bond donors (Lipinski definition) is 2. The predicted octanol–water partition coefficient (Wildman–Crippen LogP) is 5.64. The van der Waals surface area contributed by atoms with Gasteiger partial charge in [0, 0.05) is 16.9 Å². The zero-order valence-electron chi connectivity index (χ0n) is 16.1. The average molecular weight is 356 g/mol. The minimum absolute atomic E-state index is 0.0514. The molecule has 4 rings (SSSR count). The Hall–Kier alpha value is -1.97. The van der Waals surface area contributed by atoms with Crippen LogP contribution in [0.2, 0.25) is 0 Å². The van der Waals surface area contributed by atoms with Gasteiger partial charge >= 0.3 is 0 Å². The van der Waals surface area contributed by atoms with E-state index >= 15 is 0 Å². The number of phenols is 2. The van der Waals surface area contributed by atoms with E-state index in [1.165, 1.54) is 6.42 Å². The molecule has 4 heteroatoms. The molecule has 0 radical (unpaired) electrons. The van der Waals surface area contributed by atoms with E-state index in [1.807, 2.05) is 0 Å². The van der Waals surface area contributed by atoms with Crippen LogP contribution in [0.25, 0.3) is 11.0 Å². The van der Waals surface area contributed by atoms with Crippen molar-refractivity contribution in [2.24, 2.45) is 11.3 Å². The molecule has 0 spiro atoms. The van der Waals surface area contributed by atoms with Crippen molar-refractivity contribution in [2.45, 2.75) is 71.1 Å². The molecule has 2 aliphatic rings. The number of phenolic OH excluding ortho intramolecular Hbond substituents is 2. The number of benzene rings is 1. The second-order valence-corrected chi connectivity index (χ2v) is 9.28. The zero-order chi connectivity index (χ0) is 18.9. The molecule has 3 atom stereocenters. The van der Waals surface area contributed by atoms with Gasteiger partial charge in [-0.25, -0.2) is 0 Å². The molecule has 1 aromatic heterocycles. The van der Waals surface area contributed by atoms with Gasteiger partial charge in [-0.2, -0.15) is 0 Å². The van der Waals surface area contributed by atoms with Crippen molar-refractivity contribution < 1.29 is 19.4 Å². The average Bonchev–Trinajstić information content (AvgIpc) is 2.89. The monoisotopic (exact) mass is 356 g/mol. The fraction of sp³-hybridized carbons (Fsp3) is 0.591. The minimum atomic E-state index is -0.394. The molecule has 0 bridgehead atoms. The van der Waals surface area contributed by atoms with Crippen molar-refractivity contribution in [2.75, 3.05) is 0 Å². The van der Waals surface area contributed by atoms with Crippen LogP contribution in [0.1, 0.15) is 87.4 Å². The third-order valence-electron chi connectivity index (χ3n) is 7.25. The predicted molar refractivity (Wildman–Crippen MR) is 101 cm³/mol. The van der Waals surface area contributed by atoms with E-state index in [0.717, 1.165) is 42.4 Å². The Bertz CT molecular complexity index is 891. The van der Waals surface area contributed by atoms with Crippen LogP contribution in [0.5, 0.6) is 11.5 Å². The Kier molecular flexibility index (Phi) is 3.70. The molecule has 1 heterocycles. The minimum Gasteiger partial charge on any atom is -0.504 e. The van der Waals surface area contributed by atoms with Gasteiger partial charge in [0.25, 0.3) is 0 Å². The highest BCUT2D eigenvalue weighted by atomic mass is 16.3. The van der Waals surface area contributed by atoms with E-state index in [0.29, 0.717) is 17.8 Å². The maximum absolute atomic E-state index is 11.6. The third kappa shape index (κ3) is 2.17. The van der Waals surface area contributed by atoms with E-state index in [4.69, 9.17) is 4.42 Å². The molecule has 140 valence electrons. The number of rotatable bonds is 1. The number of carbonyl (C=O) groups excluding carboxylic acids is 1. The summed E-state index contributed by atoms with van der Waals surface area (Å²) in [6.07, 6.45) is 6.23. The number of furan rings is 1. The van der Waals surface area contributed by atoms with Gasteiger partial charge in [-0.3, -0.25) is 4.79 Å². The molecule has 1 unspecified atom stereocenters. The van der Waals surface area contributed by atoms with Crippen molar-refractivity contribution in [3.63, 3.8) is 0 Å². The lowest BCUT2D eigenvalue weighted by Crippen LogP contribution is -2.44. The first-order chi connectivity index (χ1) is 12.2. The van der Waals surface area contributed by atoms with Crippen LogP contribution >= 0.6 is 0 Å². The Morgan fingerprint density at radius 1 is 1.19 bits per heavy atom. The molecule has 0 amide bonds. The molecule has 26 heavy (non-hydrogen) atoms. The lowest BCUT2D eigenvalue weighted by molar-refractivity contribution is 0.0504. The first kappa shape index (κ1) is 17.4. The third-order valence-corrected chi connectivity index (χ3v) is 7.25. The summed E-state index contributed by atoms with van der Waals surface area (Å²) >= 11 is 0. The molecule has 2 aliphatic carbocycles. The highest BCUT2D eigenvalue weighted by molar-refractivity contribution is 6.01. The standard InChI is InChI=1S/C22H28O4/c1-12-6-7-16-21(2,3)8-5-9-22(16,4)17-13-10-15(24)18(25)14(11-23)20(13)26-19(12)17/h10-12,16,24-25H,5-9H2,1-4H3/t12-,16+,22?/m1/s1. The van der Waals surface area contributed by atoms with E-state index < -0.39 is 5.75 Å². The van der Waals surface area contributed by atoms with Crippen LogP contribution in [0.15, 0.2) is 10.5 Å². The highest BCUT2D eigenvalue weighted by Crippen LogP contribution is 2.60. The summed E-state index contributed by atoms with van der Waals surface area (Å²) in [5, 5.41) is 21.1. The van der Waals surface area contributed by atoms with Gasteiger partial charge < -0.3 is 14.6 Å². The Balaban J connectivity index is 2.09. The number of fused-ring (bicyclic) bond motifs is 5. The van der Waals surface area contributed by atoms with Gasteiger partial charge in [-0.15, -0.1) is 0 Å². The number of aldehydes is 1. The maximum Gasteiger partial charge on any atom is 0.172 e. The normalized spacial score (nSPS) is 30.5. The Morgan fingerprint density at radius 3 is 2.62 bits per heavy atom. The quantitative estimate of drug-likeness (QED) is 0.512. The fourth-order valence-corrected chi connectivity index (χ4v) is 5.97. The van der Waals surface area contributed by atoms with Gasteiger partial charge in [0.1, 0.15) is 16.9 Å². The fourth-order valence-electron chi connectivity index (χ4n) is 5.97. The first-order valence-corrected chi connectivity index (χ1v) is 9.67. The highest BCUT2D eigenvalue weighted by Gasteiger charge is 2.51. The Morgan fingerprint density at radius 2 is 1.92 bits per heavy atom. The lowest BCUT2D eigenvalue weighted by atomic mass is 9.53. The molecule has 1 fully saturated rings. The van der Waals surface area contributed by atoms with Crippen molar-refractivity contribution in [3.8, 4) is 11.5 Å². The molecular weight excluding hydrogens is 328 g/mol. The molecule has 0 aliphatic heterocycles. The molecule has 2 N–H and O–H groups in total. The second-order valence-electron chi connectivity index (χ2n) is 9.28.